The van der Waals surface area contributed by atoms with E-state index in [-0.39, 0.29) is 30.9 Å². The zero-order chi connectivity index (χ0) is 57.6. The average Bonchev–Trinajstić information content (AvgIpc) is 0.880. The van der Waals surface area contributed by atoms with Crippen LogP contribution in [-0.4, -0.2) is 11.3 Å². The van der Waals surface area contributed by atoms with Gasteiger partial charge in [0.15, 0.2) is 0 Å². The van der Waals surface area contributed by atoms with Gasteiger partial charge in [-0.3, -0.25) is 0 Å². The molecular formula is C78H52BN3. The van der Waals surface area contributed by atoms with Crippen LogP contribution in [0, 0.1) is 0 Å². The van der Waals surface area contributed by atoms with Crippen molar-refractivity contribution in [2.45, 2.75) is 0 Å². The van der Waals surface area contributed by atoms with Gasteiger partial charge in [0.1, 0.15) is 0 Å². The van der Waals surface area contributed by atoms with Gasteiger partial charge >= 0.3 is 0 Å². The lowest BCUT2D eigenvalue weighted by molar-refractivity contribution is 1.16. The summed E-state index contributed by atoms with van der Waals surface area (Å²) in [6.07, 6.45) is 0. The van der Waals surface area contributed by atoms with Gasteiger partial charge < -0.3 is 14.4 Å². The van der Waals surface area contributed by atoms with Crippen LogP contribution in [0.3, 0.4) is 0 Å². The maximum Gasteiger partial charge on any atom is 0.252 e. The summed E-state index contributed by atoms with van der Waals surface area (Å²) in [5.74, 6) is 0. The van der Waals surface area contributed by atoms with Crippen molar-refractivity contribution in [3.05, 3.63) is 315 Å². The predicted octanol–water partition coefficient (Wildman–Crippen LogP) is 18.9. The molecule has 13 aromatic carbocycles. The molecule has 0 spiro atoms. The van der Waals surface area contributed by atoms with E-state index in [1.54, 1.807) is 0 Å². The lowest BCUT2D eigenvalue weighted by Crippen LogP contribution is -2.61. The van der Waals surface area contributed by atoms with Crippen LogP contribution >= 0.6 is 0 Å². The number of hydrogen-bond donors (Lipinski definition) is 0. The Morgan fingerprint density at radius 3 is 1.09 bits per heavy atom. The normalized spacial score (nSPS) is 13.0. The van der Waals surface area contributed by atoms with Crippen LogP contribution in [0.15, 0.2) is 315 Å². The Morgan fingerprint density at radius 2 is 0.659 bits per heavy atom. The van der Waals surface area contributed by atoms with Gasteiger partial charge in [0.25, 0.3) is 6.71 Å². The van der Waals surface area contributed by atoms with E-state index in [9.17, 15) is 4.11 Å². The van der Waals surface area contributed by atoms with E-state index in [1.165, 1.54) is 0 Å². The second kappa shape index (κ2) is 19.6. The summed E-state index contributed by atoms with van der Waals surface area (Å²) in [4.78, 5) is 5.03. The molecule has 0 saturated heterocycles. The number of aromatic nitrogens is 1. The summed E-state index contributed by atoms with van der Waals surface area (Å²) < 4.78 is 39.8. The minimum Gasteiger partial charge on any atom is -0.310 e. The van der Waals surface area contributed by atoms with Gasteiger partial charge in [0.05, 0.1) is 33.6 Å². The van der Waals surface area contributed by atoms with E-state index in [0.717, 1.165) is 134 Å². The molecule has 0 atom stereocenters. The highest BCUT2D eigenvalue weighted by Gasteiger charge is 2.46. The van der Waals surface area contributed by atoms with E-state index < -0.39 is 0 Å². The molecule has 82 heavy (non-hydrogen) atoms. The Labute approximate surface area is 484 Å². The number of fused-ring (bicyclic) bond motifs is 7. The second-order valence-electron chi connectivity index (χ2n) is 21.2. The van der Waals surface area contributed by atoms with E-state index in [4.69, 9.17) is 1.37 Å². The summed E-state index contributed by atoms with van der Waals surface area (Å²) in [6.45, 7) is -0.331. The number of rotatable bonds is 9. The van der Waals surface area contributed by atoms with Crippen molar-refractivity contribution in [2.24, 2.45) is 0 Å². The molecule has 0 fully saturated rings. The zero-order valence-corrected chi connectivity index (χ0v) is 44.6. The van der Waals surface area contributed by atoms with E-state index >= 15 is 0 Å². The molecule has 2 aliphatic rings. The molecule has 4 heteroatoms. The van der Waals surface area contributed by atoms with E-state index in [1.807, 2.05) is 24.3 Å². The first-order valence-electron chi connectivity index (χ1n) is 30.0. The monoisotopic (exact) mass is 1050 g/mol. The Hall–Kier alpha value is -10.7. The van der Waals surface area contributed by atoms with Gasteiger partial charge in [-0.2, -0.15) is 0 Å². The third kappa shape index (κ3) is 7.68. The molecule has 0 radical (unpaired) electrons. The molecule has 0 amide bonds. The molecule has 14 aromatic rings. The largest absolute Gasteiger partial charge is 0.310 e. The first-order chi connectivity index (χ1) is 42.4. The van der Waals surface area contributed by atoms with Crippen LogP contribution in [0.1, 0.15) is 5.48 Å². The average molecular weight is 1050 g/mol. The molecule has 0 unspecified atom stereocenters. The smallest absolute Gasteiger partial charge is 0.252 e. The lowest BCUT2D eigenvalue weighted by atomic mass is 9.33. The van der Waals surface area contributed by atoms with E-state index in [2.05, 4.69) is 281 Å². The standard InChI is InChI=1S/C78H52BN3/c1-7-25-53(26-8-1)59-45-47-72-68(49-59)79-69-50-60(54-27-9-2-10-28-54)46-48-73(69)82(78-64(57-33-15-5-16-34-57)41-24-42-65(78)58-35-17-6-18-36-58)75-52-61(80-70-43-21-19-37-66(70)67-38-20-22-44-71(67)80)51-74(76(75)79)81(72)77-62(55-29-11-3-12-30-55)39-23-40-63(77)56-31-13-4-14-32-56/h1-52H/i19D,21D,37D,43D. The topological polar surface area (TPSA) is 11.4 Å². The number of anilines is 6. The predicted molar refractivity (Wildman–Crippen MR) is 347 cm³/mol. The molecule has 2 aliphatic heterocycles. The lowest BCUT2D eigenvalue weighted by Gasteiger charge is -2.46. The van der Waals surface area contributed by atoms with Crippen molar-refractivity contribution < 1.29 is 5.48 Å². The van der Waals surface area contributed by atoms with Gasteiger partial charge in [0, 0.05) is 55.8 Å². The Bertz CT molecular complexity index is 4620. The van der Waals surface area contributed by atoms with Crippen molar-refractivity contribution in [1.82, 2.24) is 4.57 Å². The first-order valence-corrected chi connectivity index (χ1v) is 28.0. The highest BCUT2D eigenvalue weighted by molar-refractivity contribution is 7.00. The molecule has 0 bridgehead atoms. The number of hydrogen-bond acceptors (Lipinski definition) is 2. The van der Waals surface area contributed by atoms with E-state index in [0.29, 0.717) is 10.9 Å². The third-order valence-corrected chi connectivity index (χ3v) is 16.7. The summed E-state index contributed by atoms with van der Waals surface area (Å²) in [5.41, 5.74) is 24.2. The van der Waals surface area contributed by atoms with Crippen molar-refractivity contribution in [3.63, 3.8) is 0 Å². The number of nitrogens with zero attached hydrogens (tertiary/aromatic N) is 3. The molecule has 0 saturated carbocycles. The maximum absolute atomic E-state index is 9.86. The van der Waals surface area contributed by atoms with Crippen LogP contribution in [0.4, 0.5) is 34.1 Å². The first kappa shape index (κ1) is 43.2. The molecular weight excluding hydrogens is 990 g/mol. The van der Waals surface area contributed by atoms with Crippen LogP contribution in [0.2, 0.25) is 0 Å². The fraction of sp³-hybridized carbons (Fsp3) is 0. The summed E-state index contributed by atoms with van der Waals surface area (Å²) >= 11 is 0. The van der Waals surface area contributed by atoms with Crippen molar-refractivity contribution in [2.75, 3.05) is 9.80 Å². The highest BCUT2D eigenvalue weighted by Crippen LogP contribution is 2.54. The van der Waals surface area contributed by atoms with Gasteiger partial charge in [-0.25, -0.2) is 0 Å². The van der Waals surface area contributed by atoms with Crippen LogP contribution in [0.25, 0.3) is 94.3 Å². The molecule has 3 nitrogen and oxygen atoms in total. The third-order valence-electron chi connectivity index (χ3n) is 16.7. The molecule has 0 N–H and O–H groups in total. The molecule has 1 aromatic heterocycles. The van der Waals surface area contributed by atoms with Crippen molar-refractivity contribution >= 4 is 79.0 Å². The maximum atomic E-state index is 9.86. The molecule has 382 valence electrons. The summed E-state index contributed by atoms with van der Waals surface area (Å²) in [6, 6.07) is 103. The minimum absolute atomic E-state index is 0.0709. The Kier molecular flexibility index (Phi) is 10.3. The van der Waals surface area contributed by atoms with Gasteiger partial charge in [-0.1, -0.05) is 279 Å². The van der Waals surface area contributed by atoms with Crippen molar-refractivity contribution in [1.29, 1.82) is 0 Å². The second-order valence-corrected chi connectivity index (χ2v) is 21.2. The summed E-state index contributed by atoms with van der Waals surface area (Å²) in [5, 5.41) is 1.22. The van der Waals surface area contributed by atoms with Gasteiger partial charge in [-0.05, 0) is 97.3 Å². The molecule has 3 heterocycles. The number of benzene rings is 13. The minimum atomic E-state index is -0.331. The number of para-hydroxylation sites is 4. The van der Waals surface area contributed by atoms with Crippen LogP contribution < -0.4 is 26.2 Å². The van der Waals surface area contributed by atoms with Gasteiger partial charge in [0.2, 0.25) is 0 Å². The summed E-state index contributed by atoms with van der Waals surface area (Å²) in [7, 11) is 0. The SMILES string of the molecule is [2H]c1c([2H])c([2H])c2c(c1[2H])c1ccccc1n2-c1cc2c3c(c1)N(c1c(-c4ccccc4)cccc1-c1ccccc1)c1ccc(-c4ccccc4)cc1B3c1cc(-c3ccccc3)ccc1N2c1c(-c2ccccc2)cccc1-c1ccccc1. The van der Waals surface area contributed by atoms with Crippen LogP contribution in [0.5, 0.6) is 0 Å². The Balaban J connectivity index is 1.13. The van der Waals surface area contributed by atoms with Crippen LogP contribution in [-0.2, 0) is 0 Å². The molecule has 0 aliphatic carbocycles. The quantitative estimate of drug-likeness (QED) is 0.134. The van der Waals surface area contributed by atoms with Crippen molar-refractivity contribution in [3.8, 4) is 72.4 Å². The molecule has 16 rings (SSSR count). The fourth-order valence-electron chi connectivity index (χ4n) is 13.1. The fourth-order valence-corrected chi connectivity index (χ4v) is 13.1. The highest BCUT2D eigenvalue weighted by atomic mass is 15.2. The van der Waals surface area contributed by atoms with Gasteiger partial charge in [-0.15, -0.1) is 0 Å². The zero-order valence-electron chi connectivity index (χ0n) is 48.6. The Morgan fingerprint density at radius 1 is 0.280 bits per heavy atom.